The lowest BCUT2D eigenvalue weighted by Crippen LogP contribution is -2.50. The number of carbonyl (C=O) groups excluding carboxylic acids is 2. The Morgan fingerprint density at radius 2 is 1.82 bits per heavy atom. The van der Waals surface area contributed by atoms with Crippen molar-refractivity contribution >= 4 is 28.8 Å². The average molecular weight is 593 g/mol. The van der Waals surface area contributed by atoms with Gasteiger partial charge in [-0.15, -0.1) is 0 Å². The lowest BCUT2D eigenvalue weighted by molar-refractivity contribution is -0.139. The second-order valence-corrected chi connectivity index (χ2v) is 11.5. The number of carbonyl (C=O) groups is 2. The van der Waals surface area contributed by atoms with Gasteiger partial charge in [-0.1, -0.05) is 44.2 Å². The van der Waals surface area contributed by atoms with Gasteiger partial charge < -0.3 is 20.7 Å². The van der Waals surface area contributed by atoms with Gasteiger partial charge in [-0.3, -0.25) is 19.1 Å². The highest BCUT2D eigenvalue weighted by Gasteiger charge is 2.35. The number of nitrogens with zero attached hydrogens (tertiary/aromatic N) is 6. The fourth-order valence-corrected chi connectivity index (χ4v) is 6.08. The van der Waals surface area contributed by atoms with E-state index in [-0.39, 0.29) is 29.9 Å². The minimum Gasteiger partial charge on any atom is -0.382 e. The molecule has 2 aliphatic rings. The van der Waals surface area contributed by atoms with Crippen LogP contribution in [-0.2, 0) is 22.7 Å². The second-order valence-electron chi connectivity index (χ2n) is 11.5. The van der Waals surface area contributed by atoms with Gasteiger partial charge in [-0.05, 0) is 35.9 Å². The number of para-hydroxylation sites is 1. The zero-order valence-corrected chi connectivity index (χ0v) is 24.4. The van der Waals surface area contributed by atoms with E-state index in [9.17, 15) is 14.4 Å². The van der Waals surface area contributed by atoms with Gasteiger partial charge in [0, 0.05) is 36.2 Å². The standard InChI is InChI=1S/C32H32N8O4/c1-19(2)31(42)37-15-21(16-37)25-14-24(28-29(33)34-18-35-39(25)28)20-8-10-22(11-9-20)36-30(41)27-26-17-44-13-12-38(26)40(32(27)43)23-6-4-3-5-7-23/h3-11,14,18-19,21H,12-13,15-17H2,1-2H3,(H,36,41)(H2,33,34,35). The number of hydrogen-bond acceptors (Lipinski definition) is 7. The number of anilines is 2. The molecule has 3 aromatic heterocycles. The zero-order valence-electron chi connectivity index (χ0n) is 24.4. The van der Waals surface area contributed by atoms with Crippen LogP contribution in [0.2, 0.25) is 0 Å². The highest BCUT2D eigenvalue weighted by atomic mass is 16.5. The maximum absolute atomic E-state index is 13.5. The first-order chi connectivity index (χ1) is 21.3. The summed E-state index contributed by atoms with van der Waals surface area (Å²) in [5.74, 6) is 0.0782. The molecule has 12 heteroatoms. The molecule has 0 spiro atoms. The fourth-order valence-electron chi connectivity index (χ4n) is 6.08. The number of ether oxygens (including phenoxy) is 1. The molecule has 5 aromatic rings. The molecule has 2 aliphatic heterocycles. The maximum Gasteiger partial charge on any atom is 0.284 e. The van der Waals surface area contributed by atoms with E-state index in [4.69, 9.17) is 10.5 Å². The summed E-state index contributed by atoms with van der Waals surface area (Å²) in [5.41, 5.74) is 11.1. The zero-order chi connectivity index (χ0) is 30.5. The largest absolute Gasteiger partial charge is 0.382 e. The van der Waals surface area contributed by atoms with Crippen molar-refractivity contribution in [1.82, 2.24) is 28.9 Å². The van der Waals surface area contributed by atoms with Gasteiger partial charge in [0.2, 0.25) is 5.91 Å². The molecule has 5 heterocycles. The van der Waals surface area contributed by atoms with E-state index in [2.05, 4.69) is 21.5 Å². The van der Waals surface area contributed by atoms with Crippen LogP contribution < -0.4 is 16.6 Å². The van der Waals surface area contributed by atoms with Crippen LogP contribution in [-0.4, -0.2) is 60.4 Å². The maximum atomic E-state index is 13.5. The van der Waals surface area contributed by atoms with E-state index in [0.717, 1.165) is 16.8 Å². The van der Waals surface area contributed by atoms with Crippen molar-refractivity contribution in [2.24, 2.45) is 5.92 Å². The quantitative estimate of drug-likeness (QED) is 0.308. The van der Waals surface area contributed by atoms with Crippen LogP contribution in [0.25, 0.3) is 22.3 Å². The summed E-state index contributed by atoms with van der Waals surface area (Å²) in [6.45, 7) is 6.15. The van der Waals surface area contributed by atoms with Crippen molar-refractivity contribution in [3.05, 3.63) is 94.3 Å². The van der Waals surface area contributed by atoms with E-state index >= 15 is 0 Å². The first-order valence-electron chi connectivity index (χ1n) is 14.6. The molecule has 2 aromatic carbocycles. The van der Waals surface area contributed by atoms with Crippen molar-refractivity contribution in [2.45, 2.75) is 32.9 Å². The first-order valence-corrected chi connectivity index (χ1v) is 14.6. The number of likely N-dealkylation sites (tertiary alicyclic amines) is 1. The Hall–Kier alpha value is -5.23. The third-order valence-electron chi connectivity index (χ3n) is 8.33. The monoisotopic (exact) mass is 592 g/mol. The number of benzene rings is 2. The molecule has 7 rings (SSSR count). The van der Waals surface area contributed by atoms with Crippen LogP contribution in [0, 0.1) is 5.92 Å². The second kappa shape index (κ2) is 10.8. The molecule has 1 saturated heterocycles. The number of nitrogens with two attached hydrogens (primary N) is 1. The predicted octanol–water partition coefficient (Wildman–Crippen LogP) is 3.30. The molecule has 2 amide bonds. The van der Waals surface area contributed by atoms with Crippen LogP contribution in [0.3, 0.4) is 0 Å². The summed E-state index contributed by atoms with van der Waals surface area (Å²) in [4.78, 5) is 45.5. The molecule has 0 aliphatic carbocycles. The minimum atomic E-state index is -0.494. The molecule has 0 saturated carbocycles. The SMILES string of the molecule is CC(C)C(=O)N1CC(c2cc(-c3ccc(NC(=O)c4c5n(n(-c6ccccc6)c4=O)CCOC5)cc3)c3c(N)ncnn23)C1. The minimum absolute atomic E-state index is 0.0472. The highest BCUT2D eigenvalue weighted by Crippen LogP contribution is 2.37. The van der Waals surface area contributed by atoms with Crippen molar-refractivity contribution in [2.75, 3.05) is 30.7 Å². The Balaban J connectivity index is 1.17. The molecule has 1 fully saturated rings. The molecule has 224 valence electrons. The lowest BCUT2D eigenvalue weighted by Gasteiger charge is -2.40. The van der Waals surface area contributed by atoms with Gasteiger partial charge >= 0.3 is 0 Å². The smallest absolute Gasteiger partial charge is 0.284 e. The van der Waals surface area contributed by atoms with Crippen LogP contribution in [0.1, 0.15) is 41.5 Å². The molecule has 3 N–H and O–H groups in total. The third-order valence-corrected chi connectivity index (χ3v) is 8.33. The highest BCUT2D eigenvalue weighted by molar-refractivity contribution is 6.05. The molecular formula is C32H32N8O4. The number of rotatable bonds is 6. The Morgan fingerprint density at radius 3 is 2.55 bits per heavy atom. The number of fused-ring (bicyclic) bond motifs is 2. The number of aromatic nitrogens is 5. The summed E-state index contributed by atoms with van der Waals surface area (Å²) in [7, 11) is 0. The van der Waals surface area contributed by atoms with Crippen molar-refractivity contribution in [1.29, 1.82) is 0 Å². The van der Waals surface area contributed by atoms with Gasteiger partial charge in [0.25, 0.3) is 11.5 Å². The van der Waals surface area contributed by atoms with Gasteiger partial charge in [-0.2, -0.15) is 5.10 Å². The summed E-state index contributed by atoms with van der Waals surface area (Å²) in [6.07, 6.45) is 1.43. The third kappa shape index (κ3) is 4.54. The lowest BCUT2D eigenvalue weighted by atomic mass is 9.94. The van der Waals surface area contributed by atoms with E-state index in [1.54, 1.807) is 12.1 Å². The van der Waals surface area contributed by atoms with Gasteiger partial charge in [0.1, 0.15) is 17.4 Å². The van der Waals surface area contributed by atoms with E-state index in [0.29, 0.717) is 54.6 Å². The van der Waals surface area contributed by atoms with Crippen LogP contribution in [0.15, 0.2) is 71.8 Å². The molecule has 12 nitrogen and oxygen atoms in total. The van der Waals surface area contributed by atoms with Crippen molar-refractivity contribution in [3.8, 4) is 16.8 Å². The topological polar surface area (TPSA) is 142 Å². The Labute approximate surface area is 252 Å². The summed E-state index contributed by atoms with van der Waals surface area (Å²) < 4.78 is 10.8. The van der Waals surface area contributed by atoms with E-state index < -0.39 is 11.5 Å². The summed E-state index contributed by atoms with van der Waals surface area (Å²) >= 11 is 0. The van der Waals surface area contributed by atoms with Gasteiger partial charge in [0.15, 0.2) is 5.82 Å². The average Bonchev–Trinajstić information content (AvgIpc) is 3.53. The summed E-state index contributed by atoms with van der Waals surface area (Å²) in [5, 5.41) is 7.37. The van der Waals surface area contributed by atoms with Crippen LogP contribution in [0.5, 0.6) is 0 Å². The van der Waals surface area contributed by atoms with E-state index in [1.165, 1.54) is 11.0 Å². The number of amides is 2. The molecular weight excluding hydrogens is 560 g/mol. The van der Waals surface area contributed by atoms with Gasteiger partial charge in [-0.25, -0.2) is 14.2 Å². The first kappa shape index (κ1) is 27.6. The molecule has 0 unspecified atom stereocenters. The Kier molecular flexibility index (Phi) is 6.77. The predicted molar refractivity (Wildman–Crippen MR) is 165 cm³/mol. The normalized spacial score (nSPS) is 14.9. The summed E-state index contributed by atoms with van der Waals surface area (Å²) in [6, 6.07) is 18.7. The van der Waals surface area contributed by atoms with Crippen LogP contribution >= 0.6 is 0 Å². The number of nitrogen functional groups attached to an aromatic ring is 1. The van der Waals surface area contributed by atoms with Crippen molar-refractivity contribution in [3.63, 3.8) is 0 Å². The number of hydrogen-bond donors (Lipinski definition) is 2. The van der Waals surface area contributed by atoms with Crippen LogP contribution in [0.4, 0.5) is 11.5 Å². The molecule has 0 atom stereocenters. The number of nitrogens with one attached hydrogen (secondary N) is 1. The fraction of sp³-hybridized carbons (Fsp3) is 0.281. The molecule has 0 radical (unpaired) electrons. The van der Waals surface area contributed by atoms with Crippen molar-refractivity contribution < 1.29 is 14.3 Å². The Bertz CT molecular complexity index is 1950. The van der Waals surface area contributed by atoms with E-state index in [1.807, 2.05) is 70.4 Å². The molecule has 0 bridgehead atoms. The Morgan fingerprint density at radius 1 is 1.07 bits per heavy atom. The van der Waals surface area contributed by atoms with Gasteiger partial charge in [0.05, 0.1) is 36.8 Å². The molecule has 44 heavy (non-hydrogen) atoms.